The van der Waals surface area contributed by atoms with Crippen LogP contribution in [0.15, 0.2) is 12.1 Å². The Morgan fingerprint density at radius 2 is 2.50 bits per heavy atom. The summed E-state index contributed by atoms with van der Waals surface area (Å²) in [6.07, 6.45) is 1.23. The number of pyridine rings is 1. The summed E-state index contributed by atoms with van der Waals surface area (Å²) in [5.74, 6) is 0.791. The Labute approximate surface area is 107 Å². The van der Waals surface area contributed by atoms with E-state index in [2.05, 4.69) is 21.7 Å². The number of aryl methyl sites for hydroxylation is 1. The van der Waals surface area contributed by atoms with Crippen molar-refractivity contribution >= 4 is 5.82 Å². The Balaban J connectivity index is 1.89. The van der Waals surface area contributed by atoms with Gasteiger partial charge in [-0.05, 0) is 32.0 Å². The summed E-state index contributed by atoms with van der Waals surface area (Å²) >= 11 is 0. The van der Waals surface area contributed by atoms with Gasteiger partial charge in [-0.25, -0.2) is 4.98 Å². The molecule has 1 aliphatic rings. The molecule has 5 nitrogen and oxygen atoms in total. The molecule has 0 spiro atoms. The topological polar surface area (TPSA) is 70.0 Å². The lowest BCUT2D eigenvalue weighted by atomic mass is 10.2. The Morgan fingerprint density at radius 3 is 3.28 bits per heavy atom. The lowest BCUT2D eigenvalue weighted by Crippen LogP contribution is -2.32. The van der Waals surface area contributed by atoms with Crippen molar-refractivity contribution in [3.8, 4) is 6.07 Å². The van der Waals surface area contributed by atoms with E-state index in [0.29, 0.717) is 5.56 Å². The quantitative estimate of drug-likeness (QED) is 0.834. The van der Waals surface area contributed by atoms with Crippen LogP contribution in [0.3, 0.4) is 0 Å². The van der Waals surface area contributed by atoms with E-state index in [1.165, 1.54) is 0 Å². The van der Waals surface area contributed by atoms with E-state index in [4.69, 9.17) is 10.00 Å². The number of ether oxygens (including phenoxy) is 1. The highest BCUT2D eigenvalue weighted by Crippen LogP contribution is 2.09. The largest absolute Gasteiger partial charge is 0.375 e. The summed E-state index contributed by atoms with van der Waals surface area (Å²) in [6.45, 7) is 5.25. The SMILES string of the molecule is Cc1nc(NCC2CNCCCO2)ccc1C#N. The highest BCUT2D eigenvalue weighted by molar-refractivity contribution is 5.42. The molecule has 5 heteroatoms. The molecule has 2 N–H and O–H groups in total. The van der Waals surface area contributed by atoms with Gasteiger partial charge in [-0.15, -0.1) is 0 Å². The van der Waals surface area contributed by atoms with Gasteiger partial charge >= 0.3 is 0 Å². The fraction of sp³-hybridized carbons (Fsp3) is 0.538. The van der Waals surface area contributed by atoms with Gasteiger partial charge < -0.3 is 15.4 Å². The van der Waals surface area contributed by atoms with Gasteiger partial charge in [-0.1, -0.05) is 0 Å². The zero-order valence-corrected chi connectivity index (χ0v) is 10.6. The van der Waals surface area contributed by atoms with E-state index in [1.54, 1.807) is 6.07 Å². The molecule has 0 saturated carbocycles. The second kappa shape index (κ2) is 6.34. The van der Waals surface area contributed by atoms with Crippen LogP contribution < -0.4 is 10.6 Å². The first-order valence-corrected chi connectivity index (χ1v) is 6.23. The van der Waals surface area contributed by atoms with Gasteiger partial charge in [0.05, 0.1) is 17.4 Å². The number of hydrogen-bond donors (Lipinski definition) is 2. The van der Waals surface area contributed by atoms with Crippen LogP contribution in [0.4, 0.5) is 5.82 Å². The van der Waals surface area contributed by atoms with Gasteiger partial charge in [0.25, 0.3) is 0 Å². The molecule has 2 rings (SSSR count). The van der Waals surface area contributed by atoms with Crippen molar-refractivity contribution in [2.24, 2.45) is 0 Å². The summed E-state index contributed by atoms with van der Waals surface area (Å²) < 4.78 is 5.69. The molecule has 1 aromatic heterocycles. The van der Waals surface area contributed by atoms with Gasteiger partial charge in [0, 0.05) is 19.7 Å². The van der Waals surface area contributed by atoms with E-state index >= 15 is 0 Å². The zero-order chi connectivity index (χ0) is 12.8. The van der Waals surface area contributed by atoms with Crippen molar-refractivity contribution in [1.82, 2.24) is 10.3 Å². The van der Waals surface area contributed by atoms with E-state index < -0.39 is 0 Å². The van der Waals surface area contributed by atoms with E-state index in [1.807, 2.05) is 13.0 Å². The summed E-state index contributed by atoms with van der Waals surface area (Å²) in [7, 11) is 0. The molecule has 96 valence electrons. The average Bonchev–Trinajstić information content (AvgIpc) is 2.65. The maximum Gasteiger partial charge on any atom is 0.126 e. The van der Waals surface area contributed by atoms with Crippen molar-refractivity contribution in [1.29, 1.82) is 5.26 Å². The standard InChI is InChI=1S/C13H18N4O/c1-10-11(7-14)3-4-13(17-10)16-9-12-8-15-5-2-6-18-12/h3-4,12,15H,2,5-6,8-9H2,1H3,(H,16,17). The zero-order valence-electron chi connectivity index (χ0n) is 10.6. The molecule has 1 saturated heterocycles. The maximum atomic E-state index is 8.84. The second-order valence-corrected chi connectivity index (χ2v) is 4.37. The summed E-state index contributed by atoms with van der Waals surface area (Å²) in [6, 6.07) is 5.73. The van der Waals surface area contributed by atoms with Crippen LogP contribution in [0.2, 0.25) is 0 Å². The minimum Gasteiger partial charge on any atom is -0.375 e. The molecular weight excluding hydrogens is 228 g/mol. The Kier molecular flexibility index (Phi) is 4.51. The van der Waals surface area contributed by atoms with Crippen LogP contribution in [0.5, 0.6) is 0 Å². The first kappa shape index (κ1) is 12.8. The molecule has 1 aromatic rings. The number of nitriles is 1. The fourth-order valence-electron chi connectivity index (χ4n) is 1.90. The van der Waals surface area contributed by atoms with Crippen LogP contribution in [0.25, 0.3) is 0 Å². The third-order valence-corrected chi connectivity index (χ3v) is 2.94. The maximum absolute atomic E-state index is 8.84. The number of aromatic nitrogens is 1. The van der Waals surface area contributed by atoms with Crippen molar-refractivity contribution < 1.29 is 4.74 Å². The van der Waals surface area contributed by atoms with Crippen LogP contribution in [0.1, 0.15) is 17.7 Å². The molecule has 18 heavy (non-hydrogen) atoms. The lowest BCUT2D eigenvalue weighted by Gasteiger charge is -2.16. The van der Waals surface area contributed by atoms with Crippen molar-refractivity contribution in [3.05, 3.63) is 23.4 Å². The fourth-order valence-corrected chi connectivity index (χ4v) is 1.90. The molecule has 0 bridgehead atoms. The molecule has 0 aliphatic carbocycles. The molecule has 0 aromatic carbocycles. The lowest BCUT2D eigenvalue weighted by molar-refractivity contribution is 0.0761. The van der Waals surface area contributed by atoms with E-state index in [0.717, 1.165) is 44.2 Å². The third kappa shape index (κ3) is 3.42. The van der Waals surface area contributed by atoms with Crippen molar-refractivity contribution in [2.75, 3.05) is 31.6 Å². The minimum atomic E-state index is 0.172. The van der Waals surface area contributed by atoms with Crippen LogP contribution in [-0.2, 0) is 4.74 Å². The first-order chi connectivity index (χ1) is 8.79. The highest BCUT2D eigenvalue weighted by atomic mass is 16.5. The van der Waals surface area contributed by atoms with E-state index in [9.17, 15) is 0 Å². The number of rotatable bonds is 3. The molecule has 1 atom stereocenters. The van der Waals surface area contributed by atoms with Crippen LogP contribution in [-0.4, -0.2) is 37.3 Å². The third-order valence-electron chi connectivity index (χ3n) is 2.94. The predicted octanol–water partition coefficient (Wildman–Crippen LogP) is 1.05. The smallest absolute Gasteiger partial charge is 0.126 e. The molecule has 1 aliphatic heterocycles. The predicted molar refractivity (Wildman–Crippen MR) is 69.4 cm³/mol. The number of nitrogens with zero attached hydrogens (tertiary/aromatic N) is 2. The van der Waals surface area contributed by atoms with E-state index in [-0.39, 0.29) is 6.10 Å². The number of hydrogen-bond acceptors (Lipinski definition) is 5. The van der Waals surface area contributed by atoms with Gasteiger partial charge in [-0.3, -0.25) is 0 Å². The highest BCUT2D eigenvalue weighted by Gasteiger charge is 2.12. The van der Waals surface area contributed by atoms with Crippen molar-refractivity contribution in [2.45, 2.75) is 19.4 Å². The first-order valence-electron chi connectivity index (χ1n) is 6.23. The van der Waals surface area contributed by atoms with Gasteiger partial charge in [0.15, 0.2) is 0 Å². The Hall–Kier alpha value is -1.64. The summed E-state index contributed by atoms with van der Waals surface area (Å²) in [4.78, 5) is 4.34. The average molecular weight is 246 g/mol. The molecule has 0 radical (unpaired) electrons. The molecular formula is C13H18N4O. The number of nitrogens with one attached hydrogen (secondary N) is 2. The van der Waals surface area contributed by atoms with Gasteiger partial charge in [0.1, 0.15) is 11.9 Å². The molecule has 1 fully saturated rings. The van der Waals surface area contributed by atoms with Gasteiger partial charge in [0.2, 0.25) is 0 Å². The minimum absolute atomic E-state index is 0.172. The monoisotopic (exact) mass is 246 g/mol. The van der Waals surface area contributed by atoms with Crippen LogP contribution >= 0.6 is 0 Å². The molecule has 0 amide bonds. The summed E-state index contributed by atoms with van der Waals surface area (Å²) in [5.41, 5.74) is 1.37. The normalized spacial score (nSPS) is 19.9. The Morgan fingerprint density at radius 1 is 1.61 bits per heavy atom. The molecule has 2 heterocycles. The second-order valence-electron chi connectivity index (χ2n) is 4.37. The van der Waals surface area contributed by atoms with Crippen molar-refractivity contribution in [3.63, 3.8) is 0 Å². The summed E-state index contributed by atoms with van der Waals surface area (Å²) in [5, 5.41) is 15.4. The van der Waals surface area contributed by atoms with Crippen LogP contribution in [0, 0.1) is 18.3 Å². The van der Waals surface area contributed by atoms with Gasteiger partial charge in [-0.2, -0.15) is 5.26 Å². The number of anilines is 1. The molecule has 1 unspecified atom stereocenters. The Bertz CT molecular complexity index is 433.